The first-order chi connectivity index (χ1) is 12.0. The lowest BCUT2D eigenvalue weighted by atomic mass is 10.1. The second-order valence-corrected chi connectivity index (χ2v) is 6.94. The third-order valence-corrected chi connectivity index (χ3v) is 4.59. The minimum atomic E-state index is -0.222. The lowest BCUT2D eigenvalue weighted by Gasteiger charge is -2.13. The van der Waals surface area contributed by atoms with Gasteiger partial charge >= 0.3 is 0 Å². The van der Waals surface area contributed by atoms with Crippen LogP contribution in [0.3, 0.4) is 0 Å². The summed E-state index contributed by atoms with van der Waals surface area (Å²) < 4.78 is 5.71. The van der Waals surface area contributed by atoms with Crippen molar-refractivity contribution < 1.29 is 9.21 Å². The SMILES string of the molecule is Cc1cccc(NC(=O)c2c(C)oc3ncnc(NC4(C)CC4)c23)c1. The van der Waals surface area contributed by atoms with Gasteiger partial charge in [0.1, 0.15) is 17.9 Å². The number of aromatic nitrogens is 2. The fraction of sp³-hybridized carbons (Fsp3) is 0.316. The molecule has 0 unspecified atom stereocenters. The molecule has 6 nitrogen and oxygen atoms in total. The summed E-state index contributed by atoms with van der Waals surface area (Å²) in [5, 5.41) is 7.00. The van der Waals surface area contributed by atoms with Crippen LogP contribution >= 0.6 is 0 Å². The van der Waals surface area contributed by atoms with Gasteiger partial charge < -0.3 is 15.1 Å². The van der Waals surface area contributed by atoms with E-state index in [-0.39, 0.29) is 11.4 Å². The molecule has 0 saturated heterocycles. The molecule has 2 heterocycles. The summed E-state index contributed by atoms with van der Waals surface area (Å²) in [5.74, 6) is 0.960. The Balaban J connectivity index is 1.75. The molecule has 0 spiro atoms. The predicted molar refractivity (Wildman–Crippen MR) is 96.9 cm³/mol. The van der Waals surface area contributed by atoms with E-state index in [1.54, 1.807) is 6.92 Å². The number of hydrogen-bond donors (Lipinski definition) is 2. The second kappa shape index (κ2) is 5.58. The molecular formula is C19H20N4O2. The van der Waals surface area contributed by atoms with E-state index >= 15 is 0 Å². The largest absolute Gasteiger partial charge is 0.442 e. The lowest BCUT2D eigenvalue weighted by Crippen LogP contribution is -2.18. The first kappa shape index (κ1) is 15.6. The molecule has 3 aromatic rings. The summed E-state index contributed by atoms with van der Waals surface area (Å²) in [6.45, 7) is 5.90. The van der Waals surface area contributed by atoms with Crippen LogP contribution in [-0.2, 0) is 0 Å². The Morgan fingerprint density at radius 1 is 1.24 bits per heavy atom. The molecule has 0 aliphatic heterocycles. The highest BCUT2D eigenvalue weighted by atomic mass is 16.3. The Morgan fingerprint density at radius 3 is 2.76 bits per heavy atom. The van der Waals surface area contributed by atoms with Crippen molar-refractivity contribution in [1.29, 1.82) is 0 Å². The third-order valence-electron chi connectivity index (χ3n) is 4.59. The maximum atomic E-state index is 12.9. The number of aryl methyl sites for hydroxylation is 2. The highest BCUT2D eigenvalue weighted by Gasteiger charge is 2.38. The summed E-state index contributed by atoms with van der Waals surface area (Å²) in [6, 6.07) is 7.69. The minimum absolute atomic E-state index is 0.0384. The molecule has 1 aliphatic carbocycles. The van der Waals surface area contributed by atoms with Crippen molar-refractivity contribution in [3.05, 3.63) is 47.5 Å². The molecule has 0 atom stereocenters. The van der Waals surface area contributed by atoms with Gasteiger partial charge in [-0.1, -0.05) is 12.1 Å². The van der Waals surface area contributed by atoms with Gasteiger partial charge in [0.25, 0.3) is 5.91 Å². The van der Waals surface area contributed by atoms with Gasteiger partial charge in [-0.25, -0.2) is 9.97 Å². The first-order valence-electron chi connectivity index (χ1n) is 8.35. The summed E-state index contributed by atoms with van der Waals surface area (Å²) in [5.41, 5.74) is 2.77. The van der Waals surface area contributed by atoms with Crippen molar-refractivity contribution in [2.45, 2.75) is 39.2 Å². The standard InChI is InChI=1S/C19H20N4O2/c1-11-5-4-6-13(9-11)22-17(24)14-12(2)25-18-15(14)16(20-10-21-18)23-19(3)7-8-19/h4-6,9-10H,7-8H2,1-3H3,(H,22,24)(H,20,21,23). The summed E-state index contributed by atoms with van der Waals surface area (Å²) in [7, 11) is 0. The zero-order chi connectivity index (χ0) is 17.6. The van der Waals surface area contributed by atoms with E-state index in [9.17, 15) is 4.79 Å². The number of nitrogens with zero attached hydrogens (tertiary/aromatic N) is 2. The van der Waals surface area contributed by atoms with E-state index < -0.39 is 0 Å². The van der Waals surface area contributed by atoms with Crippen molar-refractivity contribution >= 4 is 28.5 Å². The number of hydrogen-bond acceptors (Lipinski definition) is 5. The first-order valence-corrected chi connectivity index (χ1v) is 8.35. The minimum Gasteiger partial charge on any atom is -0.442 e. The van der Waals surface area contributed by atoms with Gasteiger partial charge in [-0.2, -0.15) is 0 Å². The molecule has 1 fully saturated rings. The fourth-order valence-electron chi connectivity index (χ4n) is 2.93. The molecule has 2 N–H and O–H groups in total. The number of nitrogens with one attached hydrogen (secondary N) is 2. The molecule has 6 heteroatoms. The Kier molecular flexibility index (Phi) is 3.49. The van der Waals surface area contributed by atoms with Crippen LogP contribution in [0.5, 0.6) is 0 Å². The molecule has 0 radical (unpaired) electrons. The van der Waals surface area contributed by atoms with Crippen molar-refractivity contribution in [3.63, 3.8) is 0 Å². The number of amides is 1. The van der Waals surface area contributed by atoms with Gasteiger partial charge in [-0.3, -0.25) is 4.79 Å². The molecule has 2 aromatic heterocycles. The van der Waals surface area contributed by atoms with Crippen LogP contribution in [0, 0.1) is 13.8 Å². The topological polar surface area (TPSA) is 80.1 Å². The van der Waals surface area contributed by atoms with E-state index in [2.05, 4.69) is 27.5 Å². The number of rotatable bonds is 4. The second-order valence-electron chi connectivity index (χ2n) is 6.94. The maximum Gasteiger partial charge on any atom is 0.260 e. The predicted octanol–water partition coefficient (Wildman–Crippen LogP) is 4.06. The third kappa shape index (κ3) is 2.95. The average molecular weight is 336 g/mol. The number of anilines is 2. The molecule has 1 aliphatic rings. The van der Waals surface area contributed by atoms with Crippen LogP contribution < -0.4 is 10.6 Å². The van der Waals surface area contributed by atoms with Crippen molar-refractivity contribution in [1.82, 2.24) is 9.97 Å². The zero-order valence-corrected chi connectivity index (χ0v) is 14.5. The van der Waals surface area contributed by atoms with E-state index in [1.165, 1.54) is 6.33 Å². The molecule has 1 amide bonds. The number of furan rings is 1. The highest BCUT2D eigenvalue weighted by Crippen LogP contribution is 2.40. The number of carbonyl (C=O) groups excluding carboxylic acids is 1. The average Bonchev–Trinajstić information content (AvgIpc) is 3.16. The van der Waals surface area contributed by atoms with Gasteiger partial charge in [-0.15, -0.1) is 0 Å². The van der Waals surface area contributed by atoms with Crippen molar-refractivity contribution in [3.8, 4) is 0 Å². The molecule has 128 valence electrons. The monoisotopic (exact) mass is 336 g/mol. The normalized spacial score (nSPS) is 15.2. The Morgan fingerprint density at radius 2 is 2.04 bits per heavy atom. The summed E-state index contributed by atoms with van der Waals surface area (Å²) >= 11 is 0. The van der Waals surface area contributed by atoms with E-state index in [4.69, 9.17) is 4.42 Å². The van der Waals surface area contributed by atoms with E-state index in [0.29, 0.717) is 28.2 Å². The van der Waals surface area contributed by atoms with Crippen LogP contribution in [0.4, 0.5) is 11.5 Å². The Labute approximate surface area is 145 Å². The number of benzene rings is 1. The van der Waals surface area contributed by atoms with Gasteiger partial charge in [0.15, 0.2) is 0 Å². The van der Waals surface area contributed by atoms with Crippen molar-refractivity contribution in [2.75, 3.05) is 10.6 Å². The van der Waals surface area contributed by atoms with Crippen LogP contribution in [0.1, 0.15) is 41.4 Å². The van der Waals surface area contributed by atoms with Crippen LogP contribution in [0.2, 0.25) is 0 Å². The van der Waals surface area contributed by atoms with Gasteiger partial charge in [-0.05, 0) is 51.3 Å². The van der Waals surface area contributed by atoms with Gasteiger partial charge in [0.05, 0.1) is 10.9 Å². The smallest absolute Gasteiger partial charge is 0.260 e. The molecule has 0 bridgehead atoms. The Bertz CT molecular complexity index is 973. The number of carbonyl (C=O) groups is 1. The van der Waals surface area contributed by atoms with Crippen molar-refractivity contribution in [2.24, 2.45) is 0 Å². The lowest BCUT2D eigenvalue weighted by molar-refractivity contribution is 0.102. The van der Waals surface area contributed by atoms with Crippen LogP contribution in [-0.4, -0.2) is 21.4 Å². The maximum absolute atomic E-state index is 12.9. The summed E-state index contributed by atoms with van der Waals surface area (Å²) in [4.78, 5) is 21.4. The summed E-state index contributed by atoms with van der Waals surface area (Å²) in [6.07, 6.45) is 3.63. The molecule has 1 aromatic carbocycles. The quantitative estimate of drug-likeness (QED) is 0.751. The fourth-order valence-corrected chi connectivity index (χ4v) is 2.93. The zero-order valence-electron chi connectivity index (χ0n) is 14.5. The van der Waals surface area contributed by atoms with E-state index in [1.807, 2.05) is 31.2 Å². The molecule has 1 saturated carbocycles. The Hall–Kier alpha value is -2.89. The van der Waals surface area contributed by atoms with Gasteiger partial charge in [0, 0.05) is 11.2 Å². The molecule has 4 rings (SSSR count). The van der Waals surface area contributed by atoms with Crippen LogP contribution in [0.15, 0.2) is 35.0 Å². The highest BCUT2D eigenvalue weighted by molar-refractivity contribution is 6.15. The molecular weight excluding hydrogens is 316 g/mol. The van der Waals surface area contributed by atoms with Gasteiger partial charge in [0.2, 0.25) is 5.71 Å². The number of fused-ring (bicyclic) bond motifs is 1. The van der Waals surface area contributed by atoms with Crippen LogP contribution in [0.25, 0.3) is 11.1 Å². The van der Waals surface area contributed by atoms with E-state index in [0.717, 1.165) is 24.1 Å². The molecule has 25 heavy (non-hydrogen) atoms.